The Bertz CT molecular complexity index is 677. The first-order valence-corrected chi connectivity index (χ1v) is 10.7. The number of hydrogen-bond acceptors (Lipinski definition) is 3. The van der Waals surface area contributed by atoms with Crippen LogP contribution in [0.4, 0.5) is 4.39 Å². The van der Waals surface area contributed by atoms with Crippen LogP contribution in [0.2, 0.25) is 5.02 Å². The van der Waals surface area contributed by atoms with Crippen molar-refractivity contribution in [2.45, 2.75) is 63.5 Å². The zero-order chi connectivity index (χ0) is 20.2. The van der Waals surface area contributed by atoms with Crippen LogP contribution in [-0.2, 0) is 9.53 Å². The van der Waals surface area contributed by atoms with Gasteiger partial charge in [-0.1, -0.05) is 51.4 Å². The molecule has 3 nitrogen and oxygen atoms in total. The molecule has 2 rings (SSSR count). The molecule has 3 atom stereocenters. The summed E-state index contributed by atoms with van der Waals surface area (Å²) in [6, 6.07) is 4.44. The smallest absolute Gasteiger partial charge is 0.252 e. The summed E-state index contributed by atoms with van der Waals surface area (Å²) in [4.78, 5) is 15.1. The number of amides is 1. The standard InChI is InChI=1S/C21H29ClFNO2S/c1-6-8-19-20(25)24(15(7-2)13-27-21(3,4)5)18(12-26-19)14-9-10-16(22)17(23)11-14/h6,9-11,15,18-19H,1,7-8,12-13H2,2-5H3. The first-order chi connectivity index (χ1) is 12.7. The maximum absolute atomic E-state index is 14.0. The molecule has 1 heterocycles. The highest BCUT2D eigenvalue weighted by Gasteiger charge is 2.40. The number of rotatable bonds is 7. The Hall–Kier alpha value is -1.04. The molecule has 0 N–H and O–H groups in total. The highest BCUT2D eigenvalue weighted by molar-refractivity contribution is 8.00. The van der Waals surface area contributed by atoms with Gasteiger partial charge in [0.25, 0.3) is 5.91 Å². The summed E-state index contributed by atoms with van der Waals surface area (Å²) in [5, 5.41) is 0.0771. The number of benzene rings is 1. The van der Waals surface area contributed by atoms with E-state index >= 15 is 0 Å². The second-order valence-corrected chi connectivity index (χ2v) is 10.0. The Morgan fingerprint density at radius 3 is 2.74 bits per heavy atom. The van der Waals surface area contributed by atoms with Gasteiger partial charge in [0.15, 0.2) is 0 Å². The SMILES string of the molecule is C=CCC1OCC(c2ccc(Cl)c(F)c2)N(C(CC)CSC(C)(C)C)C1=O. The van der Waals surface area contributed by atoms with E-state index in [0.717, 1.165) is 12.2 Å². The van der Waals surface area contributed by atoms with E-state index in [1.807, 2.05) is 16.7 Å². The lowest BCUT2D eigenvalue weighted by Crippen LogP contribution is -2.54. The van der Waals surface area contributed by atoms with Gasteiger partial charge < -0.3 is 9.64 Å². The van der Waals surface area contributed by atoms with E-state index in [9.17, 15) is 9.18 Å². The van der Waals surface area contributed by atoms with Crippen LogP contribution in [0.1, 0.15) is 52.1 Å². The molecule has 1 aliphatic rings. The van der Waals surface area contributed by atoms with Crippen LogP contribution >= 0.6 is 23.4 Å². The maximum atomic E-state index is 14.0. The van der Waals surface area contributed by atoms with Gasteiger partial charge in [0.05, 0.1) is 17.7 Å². The molecule has 0 bridgehead atoms. The van der Waals surface area contributed by atoms with Crippen molar-refractivity contribution in [3.8, 4) is 0 Å². The number of hydrogen-bond donors (Lipinski definition) is 0. The molecule has 3 unspecified atom stereocenters. The van der Waals surface area contributed by atoms with Gasteiger partial charge in [-0.05, 0) is 24.1 Å². The third kappa shape index (κ3) is 5.72. The van der Waals surface area contributed by atoms with E-state index in [1.165, 1.54) is 12.1 Å². The van der Waals surface area contributed by atoms with Gasteiger partial charge in [0, 0.05) is 23.0 Å². The summed E-state index contributed by atoms with van der Waals surface area (Å²) in [6.45, 7) is 12.6. The molecule has 0 spiro atoms. The number of nitrogens with zero attached hydrogens (tertiary/aromatic N) is 1. The Labute approximate surface area is 171 Å². The van der Waals surface area contributed by atoms with Gasteiger partial charge in [0.2, 0.25) is 0 Å². The third-order valence-corrected chi connectivity index (χ3v) is 6.33. The van der Waals surface area contributed by atoms with Crippen LogP contribution < -0.4 is 0 Å². The summed E-state index contributed by atoms with van der Waals surface area (Å²) >= 11 is 7.67. The van der Waals surface area contributed by atoms with Gasteiger partial charge >= 0.3 is 0 Å². The van der Waals surface area contributed by atoms with Crippen molar-refractivity contribution in [3.63, 3.8) is 0 Å². The molecule has 1 fully saturated rings. The average molecular weight is 414 g/mol. The molecule has 1 aliphatic heterocycles. The Kier molecular flexibility index (Phi) is 7.78. The van der Waals surface area contributed by atoms with E-state index < -0.39 is 11.9 Å². The molecular formula is C21H29ClFNO2S. The van der Waals surface area contributed by atoms with Gasteiger partial charge in [-0.25, -0.2) is 4.39 Å². The Morgan fingerprint density at radius 1 is 1.48 bits per heavy atom. The number of carbonyl (C=O) groups is 1. The van der Waals surface area contributed by atoms with Crippen molar-refractivity contribution >= 4 is 29.3 Å². The van der Waals surface area contributed by atoms with E-state index in [2.05, 4.69) is 34.3 Å². The van der Waals surface area contributed by atoms with E-state index in [1.54, 1.807) is 12.1 Å². The first-order valence-electron chi connectivity index (χ1n) is 9.31. The summed E-state index contributed by atoms with van der Waals surface area (Å²) in [5.74, 6) is 0.286. The fourth-order valence-electron chi connectivity index (χ4n) is 3.15. The number of carbonyl (C=O) groups excluding carboxylic acids is 1. The minimum absolute atomic E-state index is 0.0432. The zero-order valence-electron chi connectivity index (χ0n) is 16.5. The normalized spacial score (nSPS) is 22.0. The minimum atomic E-state index is -0.524. The van der Waals surface area contributed by atoms with Crippen LogP contribution in [0.5, 0.6) is 0 Å². The molecule has 27 heavy (non-hydrogen) atoms. The monoisotopic (exact) mass is 413 g/mol. The summed E-state index contributed by atoms with van der Waals surface area (Å²) in [5.41, 5.74) is 0.710. The van der Waals surface area contributed by atoms with Crippen LogP contribution in [-0.4, -0.2) is 40.1 Å². The second kappa shape index (κ2) is 9.44. The highest BCUT2D eigenvalue weighted by Crippen LogP contribution is 2.35. The van der Waals surface area contributed by atoms with Gasteiger partial charge in [-0.15, -0.1) is 6.58 Å². The topological polar surface area (TPSA) is 29.5 Å². The average Bonchev–Trinajstić information content (AvgIpc) is 2.60. The second-order valence-electron chi connectivity index (χ2n) is 7.77. The molecule has 1 amide bonds. The predicted molar refractivity (Wildman–Crippen MR) is 112 cm³/mol. The zero-order valence-corrected chi connectivity index (χ0v) is 18.1. The van der Waals surface area contributed by atoms with Crippen molar-refractivity contribution in [1.82, 2.24) is 4.90 Å². The number of morpholine rings is 1. The third-order valence-electron chi connectivity index (χ3n) is 4.60. The molecule has 1 saturated heterocycles. The van der Waals surface area contributed by atoms with Gasteiger partial charge in [0.1, 0.15) is 11.9 Å². The Balaban J connectivity index is 2.35. The minimum Gasteiger partial charge on any atom is -0.366 e. The van der Waals surface area contributed by atoms with Crippen LogP contribution in [0.25, 0.3) is 0 Å². The lowest BCUT2D eigenvalue weighted by molar-refractivity contribution is -0.163. The Morgan fingerprint density at radius 2 is 2.19 bits per heavy atom. The lowest BCUT2D eigenvalue weighted by Gasteiger charge is -2.44. The molecule has 1 aromatic carbocycles. The van der Waals surface area contributed by atoms with Gasteiger partial charge in [-0.2, -0.15) is 11.8 Å². The highest BCUT2D eigenvalue weighted by atomic mass is 35.5. The molecule has 0 radical (unpaired) electrons. The maximum Gasteiger partial charge on any atom is 0.252 e. The fraction of sp³-hybridized carbons (Fsp3) is 0.571. The molecule has 1 aromatic rings. The number of thioether (sulfide) groups is 1. The van der Waals surface area contributed by atoms with Crippen molar-refractivity contribution in [2.24, 2.45) is 0 Å². The quantitative estimate of drug-likeness (QED) is 0.542. The van der Waals surface area contributed by atoms with Crippen LogP contribution in [0, 0.1) is 5.82 Å². The van der Waals surface area contributed by atoms with E-state index in [4.69, 9.17) is 16.3 Å². The lowest BCUT2D eigenvalue weighted by atomic mass is 9.99. The number of ether oxygens (including phenoxy) is 1. The van der Waals surface area contributed by atoms with E-state index in [0.29, 0.717) is 18.6 Å². The summed E-state index contributed by atoms with van der Waals surface area (Å²) < 4.78 is 20.0. The van der Waals surface area contributed by atoms with Gasteiger partial charge in [-0.3, -0.25) is 4.79 Å². The first kappa shape index (κ1) is 22.3. The summed E-state index contributed by atoms with van der Waals surface area (Å²) in [6.07, 6.45) is 2.47. The molecule has 0 saturated carbocycles. The van der Waals surface area contributed by atoms with E-state index in [-0.39, 0.29) is 27.8 Å². The van der Waals surface area contributed by atoms with Crippen molar-refractivity contribution in [1.29, 1.82) is 0 Å². The fourth-order valence-corrected chi connectivity index (χ4v) is 4.36. The molecule has 0 aromatic heterocycles. The predicted octanol–water partition coefficient (Wildman–Crippen LogP) is 5.63. The molecule has 0 aliphatic carbocycles. The van der Waals surface area contributed by atoms with Crippen LogP contribution in [0.3, 0.4) is 0 Å². The number of halogens is 2. The van der Waals surface area contributed by atoms with Crippen molar-refractivity contribution < 1.29 is 13.9 Å². The van der Waals surface area contributed by atoms with Crippen molar-refractivity contribution in [3.05, 3.63) is 47.3 Å². The molecule has 6 heteroatoms. The van der Waals surface area contributed by atoms with Crippen LogP contribution in [0.15, 0.2) is 30.9 Å². The molecule has 150 valence electrons. The largest absolute Gasteiger partial charge is 0.366 e. The summed E-state index contributed by atoms with van der Waals surface area (Å²) in [7, 11) is 0. The van der Waals surface area contributed by atoms with Crippen molar-refractivity contribution in [2.75, 3.05) is 12.4 Å². The molecular weight excluding hydrogens is 385 g/mol.